The van der Waals surface area contributed by atoms with Gasteiger partial charge in [-0.15, -0.1) is 11.8 Å². The van der Waals surface area contributed by atoms with Crippen molar-refractivity contribution in [2.24, 2.45) is 0 Å². The number of hydrogen-bond donors (Lipinski definition) is 0. The third kappa shape index (κ3) is 4.39. The van der Waals surface area contributed by atoms with Crippen LogP contribution in [0.25, 0.3) is 5.57 Å². The van der Waals surface area contributed by atoms with Crippen molar-refractivity contribution in [3.8, 4) is 11.5 Å². The molecular formula is C22H23NO4S. The van der Waals surface area contributed by atoms with E-state index in [0.717, 1.165) is 11.3 Å². The van der Waals surface area contributed by atoms with Gasteiger partial charge in [0.25, 0.3) is 11.8 Å². The molecule has 0 aliphatic carbocycles. The second-order valence-electron chi connectivity index (χ2n) is 6.52. The first-order valence-corrected chi connectivity index (χ1v) is 9.98. The molecule has 0 bridgehead atoms. The molecule has 0 spiro atoms. The van der Waals surface area contributed by atoms with Gasteiger partial charge < -0.3 is 9.47 Å². The minimum absolute atomic E-state index is 0.195. The highest BCUT2D eigenvalue weighted by Gasteiger charge is 2.39. The lowest BCUT2D eigenvalue weighted by molar-refractivity contribution is -0.136. The molecule has 2 amide bonds. The van der Waals surface area contributed by atoms with Gasteiger partial charge in [-0.3, -0.25) is 14.5 Å². The number of ether oxygens (including phenoxy) is 2. The number of nitrogens with zero attached hydrogens (tertiary/aromatic N) is 1. The van der Waals surface area contributed by atoms with Crippen LogP contribution in [0.15, 0.2) is 59.5 Å². The third-order valence-electron chi connectivity index (χ3n) is 4.18. The predicted molar refractivity (Wildman–Crippen MR) is 111 cm³/mol. The lowest BCUT2D eigenvalue weighted by Crippen LogP contribution is -2.35. The summed E-state index contributed by atoms with van der Waals surface area (Å²) in [6.45, 7) is 4.44. The molecule has 0 N–H and O–H groups in total. The minimum Gasteiger partial charge on any atom is -0.497 e. The zero-order chi connectivity index (χ0) is 20.1. The first-order valence-electron chi connectivity index (χ1n) is 9.10. The lowest BCUT2D eigenvalue weighted by atomic mass is 10.1. The Morgan fingerprint density at radius 2 is 1.57 bits per heavy atom. The van der Waals surface area contributed by atoms with Gasteiger partial charge in [-0.05, 0) is 29.8 Å². The van der Waals surface area contributed by atoms with Crippen LogP contribution < -0.4 is 9.47 Å². The Morgan fingerprint density at radius 3 is 2.18 bits per heavy atom. The van der Waals surface area contributed by atoms with Crippen LogP contribution in [0, 0.1) is 0 Å². The largest absolute Gasteiger partial charge is 0.497 e. The van der Waals surface area contributed by atoms with Gasteiger partial charge in [-0.1, -0.05) is 44.2 Å². The molecule has 5 nitrogen and oxygen atoms in total. The average molecular weight is 397 g/mol. The number of hydrogen-bond acceptors (Lipinski definition) is 5. The van der Waals surface area contributed by atoms with Crippen LogP contribution in [-0.2, 0) is 9.59 Å². The summed E-state index contributed by atoms with van der Waals surface area (Å²) >= 11 is 1.43. The third-order valence-corrected chi connectivity index (χ3v) is 5.27. The van der Waals surface area contributed by atoms with E-state index in [1.165, 1.54) is 16.7 Å². The van der Waals surface area contributed by atoms with Crippen molar-refractivity contribution in [2.45, 2.75) is 19.1 Å². The normalized spacial score (nSPS) is 14.2. The van der Waals surface area contributed by atoms with E-state index in [1.54, 1.807) is 31.4 Å². The fourth-order valence-corrected chi connectivity index (χ4v) is 3.89. The van der Waals surface area contributed by atoms with E-state index >= 15 is 0 Å². The van der Waals surface area contributed by atoms with Gasteiger partial charge in [-0.2, -0.15) is 0 Å². The van der Waals surface area contributed by atoms with Crippen molar-refractivity contribution in [3.05, 3.63) is 65.1 Å². The molecule has 0 saturated heterocycles. The van der Waals surface area contributed by atoms with E-state index in [4.69, 9.17) is 9.47 Å². The van der Waals surface area contributed by atoms with E-state index in [0.29, 0.717) is 16.2 Å². The summed E-state index contributed by atoms with van der Waals surface area (Å²) in [6.07, 6.45) is 0. The molecule has 0 radical (unpaired) electrons. The van der Waals surface area contributed by atoms with Gasteiger partial charge in [0.2, 0.25) is 0 Å². The molecule has 1 heterocycles. The molecule has 6 heteroatoms. The topological polar surface area (TPSA) is 55.8 Å². The Labute approximate surface area is 169 Å². The second-order valence-corrected chi connectivity index (χ2v) is 8.11. The molecule has 1 aliphatic rings. The first-order chi connectivity index (χ1) is 13.5. The van der Waals surface area contributed by atoms with E-state index in [9.17, 15) is 9.59 Å². The van der Waals surface area contributed by atoms with Crippen molar-refractivity contribution in [2.75, 3.05) is 20.3 Å². The highest BCUT2D eigenvalue weighted by Crippen LogP contribution is 2.37. The first kappa shape index (κ1) is 20.0. The Bertz CT molecular complexity index is 875. The highest BCUT2D eigenvalue weighted by molar-refractivity contribution is 8.04. The van der Waals surface area contributed by atoms with Gasteiger partial charge in [0.1, 0.15) is 18.1 Å². The maximum Gasteiger partial charge on any atom is 0.268 e. The van der Waals surface area contributed by atoms with Crippen molar-refractivity contribution >= 4 is 29.1 Å². The number of carbonyl (C=O) groups excluding carboxylic acids is 2. The number of rotatable bonds is 8. The summed E-state index contributed by atoms with van der Waals surface area (Å²) in [5.41, 5.74) is 1.25. The Morgan fingerprint density at radius 1 is 0.929 bits per heavy atom. The van der Waals surface area contributed by atoms with E-state index in [-0.39, 0.29) is 30.2 Å². The van der Waals surface area contributed by atoms with Crippen LogP contribution in [0.5, 0.6) is 11.5 Å². The summed E-state index contributed by atoms with van der Waals surface area (Å²) in [5.74, 6) is 0.885. The Kier molecular flexibility index (Phi) is 6.41. The quantitative estimate of drug-likeness (QED) is 0.631. The zero-order valence-corrected chi connectivity index (χ0v) is 17.0. The monoisotopic (exact) mass is 397 g/mol. The molecule has 2 aromatic rings. The van der Waals surface area contributed by atoms with Crippen molar-refractivity contribution < 1.29 is 19.1 Å². The summed E-state index contributed by atoms with van der Waals surface area (Å²) in [4.78, 5) is 27.7. The molecule has 0 atom stereocenters. The van der Waals surface area contributed by atoms with Crippen molar-refractivity contribution in [1.82, 2.24) is 4.90 Å². The highest BCUT2D eigenvalue weighted by atomic mass is 32.2. The molecule has 28 heavy (non-hydrogen) atoms. The number of imide groups is 1. The molecule has 2 aromatic carbocycles. The second kappa shape index (κ2) is 8.97. The van der Waals surface area contributed by atoms with Gasteiger partial charge in [0.05, 0.1) is 24.1 Å². The van der Waals surface area contributed by atoms with E-state index in [2.05, 4.69) is 0 Å². The van der Waals surface area contributed by atoms with Crippen LogP contribution in [0.2, 0.25) is 0 Å². The molecule has 0 saturated carbocycles. The Hall–Kier alpha value is -2.73. The van der Waals surface area contributed by atoms with E-state index < -0.39 is 0 Å². The number of carbonyl (C=O) groups is 2. The van der Waals surface area contributed by atoms with Crippen LogP contribution >= 0.6 is 11.8 Å². The van der Waals surface area contributed by atoms with Crippen LogP contribution in [0.4, 0.5) is 0 Å². The van der Waals surface area contributed by atoms with E-state index in [1.807, 2.05) is 44.2 Å². The van der Waals surface area contributed by atoms with Crippen LogP contribution in [0.1, 0.15) is 19.4 Å². The maximum absolute atomic E-state index is 13.0. The summed E-state index contributed by atoms with van der Waals surface area (Å²) in [6, 6.07) is 16.5. The molecule has 3 rings (SSSR count). The summed E-state index contributed by atoms with van der Waals surface area (Å²) < 4.78 is 10.8. The van der Waals surface area contributed by atoms with Gasteiger partial charge in [-0.25, -0.2) is 0 Å². The molecular weight excluding hydrogens is 374 g/mol. The van der Waals surface area contributed by atoms with Crippen LogP contribution in [-0.4, -0.2) is 42.2 Å². The number of amides is 2. The van der Waals surface area contributed by atoms with Crippen LogP contribution in [0.3, 0.4) is 0 Å². The summed E-state index contributed by atoms with van der Waals surface area (Å²) in [5, 5.41) is 0.195. The van der Waals surface area contributed by atoms with Gasteiger partial charge >= 0.3 is 0 Å². The molecule has 1 aliphatic heterocycles. The number of benzene rings is 2. The van der Waals surface area contributed by atoms with Gasteiger partial charge in [0.15, 0.2) is 0 Å². The lowest BCUT2D eigenvalue weighted by Gasteiger charge is -2.16. The van der Waals surface area contributed by atoms with Gasteiger partial charge in [0, 0.05) is 5.25 Å². The molecule has 0 aromatic heterocycles. The number of thioether (sulfide) groups is 1. The fraction of sp³-hybridized carbons (Fsp3) is 0.273. The van der Waals surface area contributed by atoms with Crippen molar-refractivity contribution in [3.63, 3.8) is 0 Å². The Balaban J connectivity index is 1.72. The molecule has 0 fully saturated rings. The fourth-order valence-electron chi connectivity index (χ4n) is 2.89. The average Bonchev–Trinajstić information content (AvgIpc) is 2.93. The van der Waals surface area contributed by atoms with Crippen molar-refractivity contribution in [1.29, 1.82) is 0 Å². The maximum atomic E-state index is 13.0. The SMILES string of the molecule is COc1ccc(OCCN2C(=O)C(SC(C)C)=C(c3ccccc3)C2=O)cc1. The predicted octanol–water partition coefficient (Wildman–Crippen LogP) is 4.00. The zero-order valence-electron chi connectivity index (χ0n) is 16.2. The smallest absolute Gasteiger partial charge is 0.268 e. The molecule has 0 unspecified atom stereocenters. The standard InChI is InChI=1S/C22H23NO4S/c1-15(2)28-20-19(16-7-5-4-6-8-16)21(24)23(22(20)25)13-14-27-18-11-9-17(26-3)10-12-18/h4-12,15H,13-14H2,1-3H3. The molecule has 146 valence electrons. The summed E-state index contributed by atoms with van der Waals surface area (Å²) in [7, 11) is 1.60. The minimum atomic E-state index is -0.266. The number of methoxy groups -OCH3 is 1.